The minimum absolute atomic E-state index is 0.166. The van der Waals surface area contributed by atoms with Gasteiger partial charge in [-0.1, -0.05) is 11.1 Å². The molecular formula is C11H18N2O4. The first-order valence-corrected chi connectivity index (χ1v) is 5.59. The molecule has 0 aromatic heterocycles. The molecule has 0 saturated heterocycles. The van der Waals surface area contributed by atoms with Crippen molar-refractivity contribution in [2.45, 2.75) is 58.0 Å². The summed E-state index contributed by atoms with van der Waals surface area (Å²) in [6.45, 7) is 6.45. The van der Waals surface area contributed by atoms with E-state index in [0.717, 1.165) is 11.1 Å². The average Bonchev–Trinajstić information content (AvgIpc) is 2.21. The quantitative estimate of drug-likeness (QED) is 0.432. The molecule has 0 radical (unpaired) electrons. The van der Waals surface area contributed by atoms with Crippen LogP contribution < -0.4 is 0 Å². The van der Waals surface area contributed by atoms with Gasteiger partial charge in [-0.15, -0.1) is 0 Å². The Morgan fingerprint density at radius 2 is 1.71 bits per heavy atom. The van der Waals surface area contributed by atoms with Crippen molar-refractivity contribution in [3.8, 4) is 0 Å². The smallest absolute Gasteiger partial charge is 0.264 e. The van der Waals surface area contributed by atoms with Gasteiger partial charge < -0.3 is 0 Å². The Bertz CT molecular complexity index is 400. The number of hydrogen-bond acceptors (Lipinski definition) is 4. The van der Waals surface area contributed by atoms with Crippen LogP contribution in [0.5, 0.6) is 0 Å². The maximum absolute atomic E-state index is 11.4. The molecule has 1 atom stereocenters. The summed E-state index contributed by atoms with van der Waals surface area (Å²) in [5, 5.41) is 22.5. The summed E-state index contributed by atoms with van der Waals surface area (Å²) >= 11 is 0. The molecule has 1 aliphatic carbocycles. The number of hydrogen-bond donors (Lipinski definition) is 0. The van der Waals surface area contributed by atoms with E-state index in [1.807, 2.05) is 13.8 Å². The van der Waals surface area contributed by atoms with E-state index in [2.05, 4.69) is 0 Å². The van der Waals surface area contributed by atoms with Crippen LogP contribution in [0.3, 0.4) is 0 Å². The van der Waals surface area contributed by atoms with Gasteiger partial charge in [0.1, 0.15) is 0 Å². The molecular weight excluding hydrogens is 224 g/mol. The zero-order chi connectivity index (χ0) is 13.4. The van der Waals surface area contributed by atoms with E-state index in [4.69, 9.17) is 0 Å². The van der Waals surface area contributed by atoms with E-state index in [1.165, 1.54) is 13.8 Å². The molecule has 0 amide bonds. The maximum atomic E-state index is 11.4. The third-order valence-electron chi connectivity index (χ3n) is 4.14. The van der Waals surface area contributed by atoms with Gasteiger partial charge in [-0.25, -0.2) is 0 Å². The maximum Gasteiger partial charge on any atom is 0.293 e. The van der Waals surface area contributed by atoms with Gasteiger partial charge >= 0.3 is 0 Å². The Balaban J connectivity index is 3.28. The Labute approximate surface area is 100.0 Å². The number of allylic oxidation sites excluding steroid dienone is 1. The first-order valence-electron chi connectivity index (χ1n) is 5.59. The molecule has 0 fully saturated rings. The first-order chi connectivity index (χ1) is 7.65. The van der Waals surface area contributed by atoms with Gasteiger partial charge in [-0.2, -0.15) is 0 Å². The first kappa shape index (κ1) is 13.6. The lowest BCUT2D eigenvalue weighted by Crippen LogP contribution is -2.61. The average molecular weight is 242 g/mol. The second kappa shape index (κ2) is 4.09. The lowest BCUT2D eigenvalue weighted by molar-refractivity contribution is -0.681. The molecule has 17 heavy (non-hydrogen) atoms. The zero-order valence-electron chi connectivity index (χ0n) is 10.6. The summed E-state index contributed by atoms with van der Waals surface area (Å²) in [4.78, 5) is 21.5. The summed E-state index contributed by atoms with van der Waals surface area (Å²) < 4.78 is 0. The monoisotopic (exact) mass is 242 g/mol. The van der Waals surface area contributed by atoms with Crippen LogP contribution in [0.1, 0.15) is 47.0 Å². The van der Waals surface area contributed by atoms with Crippen LogP contribution in [0.4, 0.5) is 0 Å². The third-order valence-corrected chi connectivity index (χ3v) is 4.14. The Hall–Kier alpha value is -1.46. The summed E-state index contributed by atoms with van der Waals surface area (Å²) in [6.07, 6.45) is 0.959. The third kappa shape index (κ3) is 1.92. The van der Waals surface area contributed by atoms with Gasteiger partial charge in [0.25, 0.3) is 11.1 Å². The lowest BCUT2D eigenvalue weighted by atomic mass is 9.69. The van der Waals surface area contributed by atoms with Crippen molar-refractivity contribution in [3.05, 3.63) is 31.4 Å². The highest BCUT2D eigenvalue weighted by molar-refractivity contribution is 5.20. The van der Waals surface area contributed by atoms with Crippen molar-refractivity contribution >= 4 is 0 Å². The Morgan fingerprint density at radius 3 is 2.06 bits per heavy atom. The van der Waals surface area contributed by atoms with Crippen LogP contribution in [0, 0.1) is 20.2 Å². The molecule has 0 aromatic carbocycles. The van der Waals surface area contributed by atoms with Gasteiger partial charge in [0.05, 0.1) is 0 Å². The highest BCUT2D eigenvalue weighted by atomic mass is 16.6. The van der Waals surface area contributed by atoms with Gasteiger partial charge in [0.15, 0.2) is 0 Å². The van der Waals surface area contributed by atoms with E-state index in [0.29, 0.717) is 6.42 Å². The Morgan fingerprint density at radius 1 is 1.18 bits per heavy atom. The van der Waals surface area contributed by atoms with Crippen LogP contribution in [-0.2, 0) is 0 Å². The van der Waals surface area contributed by atoms with Crippen molar-refractivity contribution < 1.29 is 9.85 Å². The highest BCUT2D eigenvalue weighted by Crippen LogP contribution is 2.43. The predicted octanol–water partition coefficient (Wildman–Crippen LogP) is 2.58. The van der Waals surface area contributed by atoms with Gasteiger partial charge in [-0.05, 0) is 20.3 Å². The molecule has 0 N–H and O–H groups in total. The largest absolute Gasteiger partial charge is 0.293 e. The summed E-state index contributed by atoms with van der Waals surface area (Å²) in [7, 11) is 0. The highest BCUT2D eigenvalue weighted by Gasteiger charge is 2.65. The molecule has 0 saturated carbocycles. The number of nitrogens with zero attached hydrogens (tertiary/aromatic N) is 2. The lowest BCUT2D eigenvalue weighted by Gasteiger charge is -2.36. The van der Waals surface area contributed by atoms with Crippen molar-refractivity contribution in [2.75, 3.05) is 0 Å². The molecule has 1 rings (SSSR count). The van der Waals surface area contributed by atoms with Crippen LogP contribution in [0.15, 0.2) is 11.1 Å². The van der Waals surface area contributed by atoms with Crippen LogP contribution >= 0.6 is 0 Å². The second-order valence-electron chi connectivity index (χ2n) is 5.34. The minimum atomic E-state index is -1.56. The van der Waals surface area contributed by atoms with Crippen LogP contribution in [-0.4, -0.2) is 20.9 Å². The molecule has 0 spiro atoms. The number of rotatable bonds is 3. The van der Waals surface area contributed by atoms with Crippen molar-refractivity contribution in [2.24, 2.45) is 0 Å². The summed E-state index contributed by atoms with van der Waals surface area (Å²) in [5.41, 5.74) is -1.03. The Kier molecular flexibility index (Phi) is 3.27. The van der Waals surface area contributed by atoms with E-state index in [1.54, 1.807) is 0 Å². The van der Waals surface area contributed by atoms with E-state index >= 15 is 0 Å². The molecule has 6 heteroatoms. The van der Waals surface area contributed by atoms with E-state index in [-0.39, 0.29) is 12.8 Å². The van der Waals surface area contributed by atoms with Gasteiger partial charge in [0.2, 0.25) is 0 Å². The molecule has 0 bridgehead atoms. The molecule has 1 unspecified atom stereocenters. The molecule has 0 aliphatic heterocycles. The molecule has 6 nitrogen and oxygen atoms in total. The standard InChI is InChI=1S/C11H18N2O4/c1-8-5-6-11(13(16)17,7-9(8)2)10(3,4)12(14)15/h5-7H2,1-4H3. The van der Waals surface area contributed by atoms with Gasteiger partial charge in [-0.3, -0.25) is 20.2 Å². The minimum Gasteiger partial charge on any atom is -0.264 e. The van der Waals surface area contributed by atoms with E-state index in [9.17, 15) is 20.2 Å². The number of nitro groups is 2. The molecule has 0 aromatic rings. The van der Waals surface area contributed by atoms with Crippen LogP contribution in [0.25, 0.3) is 0 Å². The fourth-order valence-corrected chi connectivity index (χ4v) is 2.36. The summed E-state index contributed by atoms with van der Waals surface area (Å²) in [6, 6.07) is 0. The van der Waals surface area contributed by atoms with Crippen molar-refractivity contribution in [3.63, 3.8) is 0 Å². The van der Waals surface area contributed by atoms with E-state index < -0.39 is 20.9 Å². The fourth-order valence-electron chi connectivity index (χ4n) is 2.36. The van der Waals surface area contributed by atoms with Crippen molar-refractivity contribution in [1.29, 1.82) is 0 Å². The normalized spacial score (nSPS) is 25.9. The fraction of sp³-hybridized carbons (Fsp3) is 0.818. The molecule has 1 aliphatic rings. The predicted molar refractivity (Wildman–Crippen MR) is 63.0 cm³/mol. The second-order valence-corrected chi connectivity index (χ2v) is 5.34. The SMILES string of the molecule is CC1=C(C)CC([N+](=O)[O-])(C(C)(C)[N+](=O)[O-])CC1. The van der Waals surface area contributed by atoms with Gasteiger partial charge in [0, 0.05) is 36.5 Å². The van der Waals surface area contributed by atoms with Crippen molar-refractivity contribution in [1.82, 2.24) is 0 Å². The summed E-state index contributed by atoms with van der Waals surface area (Å²) in [5.74, 6) is 0. The topological polar surface area (TPSA) is 86.3 Å². The molecule has 96 valence electrons. The van der Waals surface area contributed by atoms with Crippen LogP contribution in [0.2, 0.25) is 0 Å². The molecule has 0 heterocycles. The zero-order valence-corrected chi connectivity index (χ0v) is 10.6.